The third kappa shape index (κ3) is 3.23. The Morgan fingerprint density at radius 2 is 2.17 bits per heavy atom. The van der Waals surface area contributed by atoms with Crippen LogP contribution >= 0.6 is 11.2 Å². The van der Waals surface area contributed by atoms with Crippen LogP contribution in [0.2, 0.25) is 19.6 Å². The highest BCUT2D eigenvalue weighted by atomic mass is 32.4. The Labute approximate surface area is 80.5 Å². The predicted octanol–water partition coefficient (Wildman–Crippen LogP) is 2.95. The molecule has 1 saturated carbocycles. The minimum absolute atomic E-state index is 0.867. The van der Waals surface area contributed by atoms with Gasteiger partial charge in [-0.2, -0.15) is 11.2 Å². The largest absolute Gasteiger partial charge is 0.405 e. The Bertz CT molecular complexity index is 183. The van der Waals surface area contributed by atoms with Crippen LogP contribution in [0, 0.1) is 0 Å². The molecule has 1 aliphatic carbocycles. The van der Waals surface area contributed by atoms with Crippen molar-refractivity contribution < 1.29 is 0 Å². The molecule has 0 aromatic rings. The molecule has 1 unspecified atom stereocenters. The van der Waals surface area contributed by atoms with Crippen molar-refractivity contribution in [3.05, 3.63) is 11.8 Å². The Morgan fingerprint density at radius 3 is 2.58 bits per heavy atom. The van der Waals surface area contributed by atoms with E-state index >= 15 is 0 Å². The third-order valence-corrected chi connectivity index (χ3v) is 6.60. The number of allylic oxidation sites excluding steroid dienone is 1. The lowest BCUT2D eigenvalue weighted by molar-refractivity contribution is 0.911. The van der Waals surface area contributed by atoms with E-state index in [-0.39, 0.29) is 0 Å². The number of rotatable bonds is 2. The molecule has 0 radical (unpaired) electrons. The lowest BCUT2D eigenvalue weighted by Gasteiger charge is -2.19. The van der Waals surface area contributed by atoms with Gasteiger partial charge in [0, 0.05) is 5.25 Å². The van der Waals surface area contributed by atoms with Crippen LogP contribution in [0.15, 0.2) is 11.8 Å². The molecule has 1 atom stereocenters. The first-order valence-electron chi connectivity index (χ1n) is 4.59. The lowest BCUT2D eigenvalue weighted by Crippen LogP contribution is -2.18. The zero-order valence-corrected chi connectivity index (χ0v) is 10.1. The fourth-order valence-corrected chi connectivity index (χ4v) is 6.73. The van der Waals surface area contributed by atoms with Crippen molar-refractivity contribution in [2.75, 3.05) is 0 Å². The molecular formula is C9H19NSSi. The Kier molecular flexibility index (Phi) is 3.29. The van der Waals surface area contributed by atoms with Gasteiger partial charge in [0.05, 0.1) is 0 Å². The van der Waals surface area contributed by atoms with Crippen LogP contribution in [0.25, 0.3) is 0 Å². The van der Waals surface area contributed by atoms with Crippen LogP contribution in [-0.4, -0.2) is 12.5 Å². The molecule has 2 N–H and O–H groups in total. The summed E-state index contributed by atoms with van der Waals surface area (Å²) in [5, 5.41) is 0.867. The standard InChI is InChI=1S/C9H19NSSi/c1-12(2,3)11-9-5-4-8(6-9)7-10/h7,9H,4-6,10H2,1-3H3. The van der Waals surface area contributed by atoms with Gasteiger partial charge < -0.3 is 5.73 Å². The quantitative estimate of drug-likeness (QED) is 0.695. The summed E-state index contributed by atoms with van der Waals surface area (Å²) in [5.41, 5.74) is 6.96. The monoisotopic (exact) mass is 201 g/mol. The van der Waals surface area contributed by atoms with Gasteiger partial charge in [0.25, 0.3) is 0 Å². The molecule has 0 spiro atoms. The van der Waals surface area contributed by atoms with E-state index in [4.69, 9.17) is 5.73 Å². The second-order valence-corrected chi connectivity index (χ2v) is 13.9. The van der Waals surface area contributed by atoms with E-state index in [0.717, 1.165) is 5.25 Å². The zero-order chi connectivity index (χ0) is 9.19. The summed E-state index contributed by atoms with van der Waals surface area (Å²) in [6.45, 7) is 7.26. The van der Waals surface area contributed by atoms with E-state index in [9.17, 15) is 0 Å². The van der Waals surface area contributed by atoms with Gasteiger partial charge in [0.15, 0.2) is 0 Å². The van der Waals surface area contributed by atoms with Crippen molar-refractivity contribution >= 4 is 18.4 Å². The number of hydrogen-bond donors (Lipinski definition) is 1. The molecule has 12 heavy (non-hydrogen) atoms. The summed E-state index contributed by atoms with van der Waals surface area (Å²) in [5.74, 6) is 0. The molecule has 1 aliphatic rings. The van der Waals surface area contributed by atoms with Crippen molar-refractivity contribution in [1.82, 2.24) is 0 Å². The molecule has 0 aliphatic heterocycles. The smallest absolute Gasteiger partial charge is 0.108 e. The molecule has 0 saturated heterocycles. The maximum absolute atomic E-state index is 5.50. The highest BCUT2D eigenvalue weighted by Gasteiger charge is 2.25. The van der Waals surface area contributed by atoms with Crippen LogP contribution in [0.4, 0.5) is 0 Å². The summed E-state index contributed by atoms with van der Waals surface area (Å²) in [7, 11) is -0.916. The summed E-state index contributed by atoms with van der Waals surface area (Å²) in [6.07, 6.45) is 5.63. The number of hydrogen-bond acceptors (Lipinski definition) is 2. The normalized spacial score (nSPS) is 28.2. The fraction of sp³-hybridized carbons (Fsp3) is 0.778. The van der Waals surface area contributed by atoms with Gasteiger partial charge >= 0.3 is 0 Å². The van der Waals surface area contributed by atoms with E-state index in [2.05, 4.69) is 30.9 Å². The first-order valence-corrected chi connectivity index (χ1v) is 9.69. The summed E-state index contributed by atoms with van der Waals surface area (Å²) in [4.78, 5) is 0. The Morgan fingerprint density at radius 1 is 1.50 bits per heavy atom. The molecule has 0 heterocycles. The van der Waals surface area contributed by atoms with Crippen LogP contribution in [0.1, 0.15) is 19.3 Å². The van der Waals surface area contributed by atoms with Crippen molar-refractivity contribution in [2.45, 2.75) is 44.2 Å². The van der Waals surface area contributed by atoms with E-state index in [1.165, 1.54) is 24.8 Å². The van der Waals surface area contributed by atoms with Gasteiger partial charge in [-0.3, -0.25) is 0 Å². The van der Waals surface area contributed by atoms with Gasteiger partial charge in [0.2, 0.25) is 0 Å². The van der Waals surface area contributed by atoms with E-state index < -0.39 is 7.22 Å². The van der Waals surface area contributed by atoms with Crippen LogP contribution in [0.5, 0.6) is 0 Å². The summed E-state index contributed by atoms with van der Waals surface area (Å²) < 4.78 is 0. The molecular weight excluding hydrogens is 182 g/mol. The maximum Gasteiger partial charge on any atom is 0.108 e. The minimum atomic E-state index is -0.916. The van der Waals surface area contributed by atoms with Crippen LogP contribution in [-0.2, 0) is 0 Å². The Balaban J connectivity index is 2.38. The second-order valence-electron chi connectivity index (χ2n) is 4.42. The minimum Gasteiger partial charge on any atom is -0.405 e. The average Bonchev–Trinajstić information content (AvgIpc) is 2.32. The first-order chi connectivity index (χ1) is 5.51. The molecule has 1 nitrogen and oxygen atoms in total. The van der Waals surface area contributed by atoms with Gasteiger partial charge in [-0.25, -0.2) is 0 Å². The van der Waals surface area contributed by atoms with E-state index in [1.807, 2.05) is 6.20 Å². The maximum atomic E-state index is 5.50. The van der Waals surface area contributed by atoms with Gasteiger partial charge in [-0.1, -0.05) is 25.2 Å². The highest BCUT2D eigenvalue weighted by molar-refractivity contribution is 8.29. The van der Waals surface area contributed by atoms with Crippen molar-refractivity contribution in [2.24, 2.45) is 5.73 Å². The SMILES string of the molecule is C[Si](C)(C)SC1CCC(=CN)C1. The summed E-state index contributed by atoms with van der Waals surface area (Å²) in [6, 6.07) is 0. The molecule has 0 bridgehead atoms. The topological polar surface area (TPSA) is 26.0 Å². The number of nitrogens with two attached hydrogens (primary N) is 1. The molecule has 3 heteroatoms. The van der Waals surface area contributed by atoms with Crippen molar-refractivity contribution in [3.8, 4) is 0 Å². The third-order valence-electron chi connectivity index (χ3n) is 2.03. The van der Waals surface area contributed by atoms with Crippen molar-refractivity contribution in [3.63, 3.8) is 0 Å². The van der Waals surface area contributed by atoms with Gasteiger partial charge in [-0.15, -0.1) is 0 Å². The zero-order valence-electron chi connectivity index (χ0n) is 8.26. The van der Waals surface area contributed by atoms with Crippen LogP contribution in [0.3, 0.4) is 0 Å². The molecule has 1 rings (SSSR count). The first kappa shape index (κ1) is 10.2. The van der Waals surface area contributed by atoms with Crippen molar-refractivity contribution in [1.29, 1.82) is 0 Å². The summed E-state index contributed by atoms with van der Waals surface area (Å²) >= 11 is 2.23. The van der Waals surface area contributed by atoms with E-state index in [0.29, 0.717) is 0 Å². The Hall–Kier alpha value is 0.107. The van der Waals surface area contributed by atoms with Gasteiger partial charge in [-0.05, 0) is 25.5 Å². The van der Waals surface area contributed by atoms with Crippen LogP contribution < -0.4 is 5.73 Å². The highest BCUT2D eigenvalue weighted by Crippen LogP contribution is 2.37. The molecule has 0 amide bonds. The average molecular weight is 201 g/mol. The molecule has 0 aromatic heterocycles. The molecule has 1 fully saturated rings. The molecule has 0 aromatic carbocycles. The fourth-order valence-electron chi connectivity index (χ4n) is 1.59. The van der Waals surface area contributed by atoms with E-state index in [1.54, 1.807) is 0 Å². The van der Waals surface area contributed by atoms with Gasteiger partial charge in [0.1, 0.15) is 7.22 Å². The predicted molar refractivity (Wildman–Crippen MR) is 60.8 cm³/mol. The second kappa shape index (κ2) is 3.88. The molecule has 70 valence electrons. The lowest BCUT2D eigenvalue weighted by atomic mass is 10.2.